The molecule has 0 aromatic heterocycles. The molecular formula is C13H15F3O2. The van der Waals surface area contributed by atoms with Crippen LogP contribution in [0.5, 0.6) is 0 Å². The number of esters is 1. The van der Waals surface area contributed by atoms with Crippen molar-refractivity contribution in [2.45, 2.75) is 33.1 Å². The molecule has 1 unspecified atom stereocenters. The summed E-state index contributed by atoms with van der Waals surface area (Å²) in [5.74, 6) is -0.623. The van der Waals surface area contributed by atoms with E-state index < -0.39 is 17.7 Å². The topological polar surface area (TPSA) is 26.3 Å². The Bertz CT molecular complexity index is 424. The van der Waals surface area contributed by atoms with Gasteiger partial charge in [0.2, 0.25) is 0 Å². The Labute approximate surface area is 104 Å². The molecule has 1 aromatic carbocycles. The molecule has 0 spiro atoms. The van der Waals surface area contributed by atoms with Crippen molar-refractivity contribution in [3.05, 3.63) is 35.4 Å². The second kappa shape index (κ2) is 5.42. The Hall–Kier alpha value is -1.52. The van der Waals surface area contributed by atoms with E-state index in [1.54, 1.807) is 6.92 Å². The molecule has 0 radical (unpaired) electrons. The highest BCUT2D eigenvalue weighted by atomic mass is 19.4. The number of carbonyl (C=O) groups excluding carboxylic acids is 1. The fraction of sp³-hybridized carbons (Fsp3) is 0.462. The van der Waals surface area contributed by atoms with Gasteiger partial charge < -0.3 is 4.74 Å². The Kier molecular flexibility index (Phi) is 4.38. The first-order chi connectivity index (χ1) is 8.21. The predicted molar refractivity (Wildman–Crippen MR) is 61.2 cm³/mol. The van der Waals surface area contributed by atoms with E-state index in [2.05, 4.69) is 0 Å². The van der Waals surface area contributed by atoms with Gasteiger partial charge >= 0.3 is 12.1 Å². The number of halogens is 3. The van der Waals surface area contributed by atoms with Gasteiger partial charge in [0.15, 0.2) is 0 Å². The minimum atomic E-state index is -4.46. The summed E-state index contributed by atoms with van der Waals surface area (Å²) < 4.78 is 42.5. The van der Waals surface area contributed by atoms with E-state index in [-0.39, 0.29) is 17.6 Å². The maximum atomic E-state index is 12.5. The number of benzene rings is 1. The lowest BCUT2D eigenvalue weighted by Gasteiger charge is -2.17. The number of hydrogen-bond donors (Lipinski definition) is 0. The highest BCUT2D eigenvalue weighted by Crippen LogP contribution is 2.29. The third-order valence-electron chi connectivity index (χ3n) is 2.66. The Balaban J connectivity index is 2.87. The van der Waals surface area contributed by atoms with E-state index >= 15 is 0 Å². The van der Waals surface area contributed by atoms with Crippen LogP contribution in [0.1, 0.15) is 36.7 Å². The predicted octanol–water partition coefficient (Wildman–Crippen LogP) is 3.91. The molecule has 0 aliphatic heterocycles. The summed E-state index contributed by atoms with van der Waals surface area (Å²) in [7, 11) is 0. The molecule has 0 amide bonds. The molecular weight excluding hydrogens is 245 g/mol. The van der Waals surface area contributed by atoms with Crippen molar-refractivity contribution in [1.82, 2.24) is 0 Å². The maximum absolute atomic E-state index is 12.5. The van der Waals surface area contributed by atoms with E-state index in [0.29, 0.717) is 0 Å². The van der Waals surface area contributed by atoms with E-state index in [1.807, 2.05) is 13.8 Å². The fourth-order valence-corrected chi connectivity index (χ4v) is 1.20. The third kappa shape index (κ3) is 3.75. The van der Waals surface area contributed by atoms with Crippen LogP contribution in [0.25, 0.3) is 0 Å². The molecule has 0 N–H and O–H groups in total. The second-order valence-corrected chi connectivity index (χ2v) is 4.43. The average Bonchev–Trinajstić information content (AvgIpc) is 2.27. The first-order valence-electron chi connectivity index (χ1n) is 5.60. The lowest BCUT2D eigenvalue weighted by atomic mass is 10.1. The summed E-state index contributed by atoms with van der Waals surface area (Å²) in [5.41, 5.74) is -0.938. The summed E-state index contributed by atoms with van der Waals surface area (Å²) in [6.07, 6.45) is -4.80. The molecule has 1 aromatic rings. The van der Waals surface area contributed by atoms with Gasteiger partial charge in [-0.15, -0.1) is 0 Å². The molecule has 5 heteroatoms. The Morgan fingerprint density at radius 1 is 1.22 bits per heavy atom. The maximum Gasteiger partial charge on any atom is 0.416 e. The van der Waals surface area contributed by atoms with Crippen LogP contribution in [0, 0.1) is 5.92 Å². The standard InChI is InChI=1S/C13H15F3O2/c1-8(2)9(3)18-12(17)10-5-4-6-11(7-10)13(14,15)16/h4-9H,1-3H3. The van der Waals surface area contributed by atoms with Crippen LogP contribution in [0.15, 0.2) is 24.3 Å². The smallest absolute Gasteiger partial charge is 0.416 e. The van der Waals surface area contributed by atoms with Crippen LogP contribution in [0.4, 0.5) is 13.2 Å². The first kappa shape index (κ1) is 14.5. The van der Waals surface area contributed by atoms with Crippen molar-refractivity contribution >= 4 is 5.97 Å². The quantitative estimate of drug-likeness (QED) is 0.770. The normalized spacial score (nSPS) is 13.5. The van der Waals surface area contributed by atoms with Gasteiger partial charge in [-0.1, -0.05) is 19.9 Å². The SMILES string of the molecule is CC(C)C(C)OC(=O)c1cccc(C(F)(F)F)c1. The van der Waals surface area contributed by atoms with Gasteiger partial charge in [-0.25, -0.2) is 4.79 Å². The molecule has 1 atom stereocenters. The third-order valence-corrected chi connectivity index (χ3v) is 2.66. The van der Waals surface area contributed by atoms with E-state index in [9.17, 15) is 18.0 Å². The van der Waals surface area contributed by atoms with Crippen LogP contribution < -0.4 is 0 Å². The highest BCUT2D eigenvalue weighted by Gasteiger charge is 2.31. The number of alkyl halides is 3. The molecule has 0 saturated carbocycles. The molecule has 0 fully saturated rings. The van der Waals surface area contributed by atoms with E-state index in [1.165, 1.54) is 12.1 Å². The molecule has 0 bridgehead atoms. The zero-order valence-electron chi connectivity index (χ0n) is 10.4. The lowest BCUT2D eigenvalue weighted by molar-refractivity contribution is -0.137. The van der Waals surface area contributed by atoms with Crippen molar-refractivity contribution in [1.29, 1.82) is 0 Å². The molecule has 0 heterocycles. The van der Waals surface area contributed by atoms with Crippen molar-refractivity contribution in [2.24, 2.45) is 5.92 Å². The fourth-order valence-electron chi connectivity index (χ4n) is 1.20. The molecule has 18 heavy (non-hydrogen) atoms. The molecule has 2 nitrogen and oxygen atoms in total. The number of hydrogen-bond acceptors (Lipinski definition) is 2. The number of ether oxygens (including phenoxy) is 1. The average molecular weight is 260 g/mol. The summed E-state index contributed by atoms with van der Waals surface area (Å²) in [6.45, 7) is 5.43. The summed E-state index contributed by atoms with van der Waals surface area (Å²) in [6, 6.07) is 4.22. The van der Waals surface area contributed by atoms with Crippen LogP contribution >= 0.6 is 0 Å². The lowest BCUT2D eigenvalue weighted by Crippen LogP contribution is -2.20. The van der Waals surface area contributed by atoms with Crippen LogP contribution in [-0.4, -0.2) is 12.1 Å². The van der Waals surface area contributed by atoms with Gasteiger partial charge in [-0.2, -0.15) is 13.2 Å². The molecule has 1 rings (SSSR count). The zero-order valence-corrected chi connectivity index (χ0v) is 10.4. The highest BCUT2D eigenvalue weighted by molar-refractivity contribution is 5.89. The summed E-state index contributed by atoms with van der Waals surface area (Å²) in [4.78, 5) is 11.6. The summed E-state index contributed by atoms with van der Waals surface area (Å²) >= 11 is 0. The minimum absolute atomic E-state index is 0.0858. The van der Waals surface area contributed by atoms with Gasteiger partial charge in [0.1, 0.15) is 6.10 Å². The number of rotatable bonds is 3. The summed E-state index contributed by atoms with van der Waals surface area (Å²) in [5, 5.41) is 0. The van der Waals surface area contributed by atoms with Crippen molar-refractivity contribution in [3.8, 4) is 0 Å². The van der Waals surface area contributed by atoms with Crippen LogP contribution in [0.2, 0.25) is 0 Å². The van der Waals surface area contributed by atoms with Gasteiger partial charge in [0.25, 0.3) is 0 Å². The van der Waals surface area contributed by atoms with Gasteiger partial charge in [0, 0.05) is 0 Å². The Morgan fingerprint density at radius 2 is 1.83 bits per heavy atom. The van der Waals surface area contributed by atoms with Gasteiger partial charge in [-0.05, 0) is 31.0 Å². The van der Waals surface area contributed by atoms with Crippen LogP contribution in [0.3, 0.4) is 0 Å². The Morgan fingerprint density at radius 3 is 2.33 bits per heavy atom. The van der Waals surface area contributed by atoms with Crippen LogP contribution in [-0.2, 0) is 10.9 Å². The zero-order chi connectivity index (χ0) is 13.9. The molecule has 100 valence electrons. The van der Waals surface area contributed by atoms with E-state index in [0.717, 1.165) is 12.1 Å². The number of carbonyl (C=O) groups is 1. The van der Waals surface area contributed by atoms with Crippen molar-refractivity contribution < 1.29 is 22.7 Å². The monoisotopic (exact) mass is 260 g/mol. The van der Waals surface area contributed by atoms with Gasteiger partial charge in [0.05, 0.1) is 11.1 Å². The largest absolute Gasteiger partial charge is 0.459 e. The van der Waals surface area contributed by atoms with E-state index in [4.69, 9.17) is 4.74 Å². The second-order valence-electron chi connectivity index (χ2n) is 4.43. The molecule has 0 aliphatic carbocycles. The molecule has 0 aliphatic rings. The molecule has 0 saturated heterocycles. The van der Waals surface area contributed by atoms with Crippen molar-refractivity contribution in [3.63, 3.8) is 0 Å². The first-order valence-corrected chi connectivity index (χ1v) is 5.60. The minimum Gasteiger partial charge on any atom is -0.459 e. The van der Waals surface area contributed by atoms with Crippen molar-refractivity contribution in [2.75, 3.05) is 0 Å². The van der Waals surface area contributed by atoms with Gasteiger partial charge in [-0.3, -0.25) is 0 Å².